The summed E-state index contributed by atoms with van der Waals surface area (Å²) in [4.78, 5) is 19.8. The highest BCUT2D eigenvalue weighted by molar-refractivity contribution is 7.12. The molecule has 1 aromatic rings. The van der Waals surface area contributed by atoms with Crippen molar-refractivity contribution in [3.63, 3.8) is 0 Å². The van der Waals surface area contributed by atoms with E-state index < -0.39 is 0 Å². The van der Waals surface area contributed by atoms with Crippen LogP contribution in [0.1, 0.15) is 55.7 Å². The van der Waals surface area contributed by atoms with Gasteiger partial charge in [0.05, 0.1) is 5.54 Å². The lowest BCUT2D eigenvalue weighted by Crippen LogP contribution is -2.47. The maximum absolute atomic E-state index is 12.4. The first kappa shape index (κ1) is 17.9. The second-order valence-corrected chi connectivity index (χ2v) is 9.79. The van der Waals surface area contributed by atoms with Crippen LogP contribution in [0.3, 0.4) is 0 Å². The van der Waals surface area contributed by atoms with Gasteiger partial charge in [-0.25, -0.2) is 0 Å². The van der Waals surface area contributed by atoms with Gasteiger partial charge in [-0.15, -0.1) is 11.3 Å². The zero-order valence-electron chi connectivity index (χ0n) is 15.9. The molecule has 0 bridgehead atoms. The fraction of sp³-hybridized carbons (Fsp3) is 0.750. The number of amides is 1. The van der Waals surface area contributed by atoms with Crippen molar-refractivity contribution in [3.05, 3.63) is 21.9 Å². The Labute approximate surface area is 151 Å². The number of carbonyl (C=O) groups excluding carboxylic acids is 1. The fourth-order valence-corrected chi connectivity index (χ4v) is 5.88. The predicted molar refractivity (Wildman–Crippen MR) is 101 cm³/mol. The smallest absolute Gasteiger partial charge is 0.225 e. The van der Waals surface area contributed by atoms with E-state index in [1.807, 2.05) is 25.2 Å². The van der Waals surface area contributed by atoms with E-state index in [0.29, 0.717) is 11.3 Å². The Balaban J connectivity index is 1.74. The van der Waals surface area contributed by atoms with E-state index in [-0.39, 0.29) is 11.5 Å². The van der Waals surface area contributed by atoms with Gasteiger partial charge in [0.15, 0.2) is 0 Å². The van der Waals surface area contributed by atoms with Crippen molar-refractivity contribution in [3.8, 4) is 0 Å². The number of nitrogens with zero attached hydrogens (tertiary/aromatic N) is 2. The molecule has 2 fully saturated rings. The van der Waals surface area contributed by atoms with Crippen molar-refractivity contribution in [2.45, 2.75) is 58.4 Å². The third-order valence-corrected chi connectivity index (χ3v) is 7.63. The molecule has 0 atom stereocenters. The summed E-state index contributed by atoms with van der Waals surface area (Å²) in [6, 6.07) is 4.59. The van der Waals surface area contributed by atoms with Crippen LogP contribution >= 0.6 is 11.3 Å². The summed E-state index contributed by atoms with van der Waals surface area (Å²) >= 11 is 1.96. The van der Waals surface area contributed by atoms with Gasteiger partial charge in [-0.05, 0) is 70.7 Å². The van der Waals surface area contributed by atoms with E-state index in [1.54, 1.807) is 0 Å². The molecule has 134 valence electrons. The van der Waals surface area contributed by atoms with Crippen LogP contribution in [0, 0.1) is 18.3 Å². The average Bonchev–Trinajstić information content (AvgIpc) is 3.15. The summed E-state index contributed by atoms with van der Waals surface area (Å²) in [5, 5.41) is 0. The molecule has 2 heterocycles. The van der Waals surface area contributed by atoms with Crippen molar-refractivity contribution in [2.75, 3.05) is 27.2 Å². The monoisotopic (exact) mass is 348 g/mol. The van der Waals surface area contributed by atoms with E-state index in [2.05, 4.69) is 43.0 Å². The number of hydrogen-bond donors (Lipinski definition) is 0. The number of hydrogen-bond acceptors (Lipinski definition) is 3. The molecule has 24 heavy (non-hydrogen) atoms. The van der Waals surface area contributed by atoms with Gasteiger partial charge in [-0.2, -0.15) is 0 Å². The van der Waals surface area contributed by atoms with E-state index in [0.717, 1.165) is 13.1 Å². The van der Waals surface area contributed by atoms with Crippen LogP contribution in [0.4, 0.5) is 0 Å². The van der Waals surface area contributed by atoms with Crippen LogP contribution in [0.25, 0.3) is 0 Å². The van der Waals surface area contributed by atoms with Gasteiger partial charge in [-0.3, -0.25) is 9.69 Å². The zero-order valence-corrected chi connectivity index (χ0v) is 16.7. The molecule has 1 aromatic heterocycles. The molecule has 1 saturated heterocycles. The van der Waals surface area contributed by atoms with Crippen LogP contribution in [-0.2, 0) is 10.3 Å². The average molecular weight is 349 g/mol. The van der Waals surface area contributed by atoms with Crippen molar-refractivity contribution >= 4 is 17.2 Å². The van der Waals surface area contributed by atoms with Gasteiger partial charge in [0, 0.05) is 28.8 Å². The standard InChI is InChI=1S/C20H32N2OS/c1-15(2)18(23)22-13-12-19(14-22)8-10-20(11-9-19,21(4)5)17-7-6-16(3)24-17/h6-7,15H,8-14H2,1-5H3. The Morgan fingerprint density at radius 1 is 1.17 bits per heavy atom. The minimum absolute atomic E-state index is 0.124. The van der Waals surface area contributed by atoms with Crippen LogP contribution in [0.2, 0.25) is 0 Å². The number of likely N-dealkylation sites (tertiary alicyclic amines) is 1. The summed E-state index contributed by atoms with van der Waals surface area (Å²) in [5.41, 5.74) is 0.565. The minimum Gasteiger partial charge on any atom is -0.342 e. The summed E-state index contributed by atoms with van der Waals surface area (Å²) in [7, 11) is 4.46. The van der Waals surface area contributed by atoms with Gasteiger partial charge in [0.1, 0.15) is 0 Å². The zero-order chi connectivity index (χ0) is 17.5. The van der Waals surface area contributed by atoms with E-state index in [4.69, 9.17) is 0 Å². The number of rotatable bonds is 3. The van der Waals surface area contributed by atoms with Gasteiger partial charge < -0.3 is 4.90 Å². The molecule has 0 unspecified atom stereocenters. The predicted octanol–water partition coefficient (Wildman–Crippen LogP) is 4.26. The summed E-state index contributed by atoms with van der Waals surface area (Å²) in [5.74, 6) is 0.462. The minimum atomic E-state index is 0.124. The third-order valence-electron chi connectivity index (χ3n) is 6.44. The summed E-state index contributed by atoms with van der Waals surface area (Å²) < 4.78 is 0. The van der Waals surface area contributed by atoms with E-state index in [9.17, 15) is 4.79 Å². The Morgan fingerprint density at radius 2 is 1.83 bits per heavy atom. The molecule has 0 radical (unpaired) electrons. The van der Waals surface area contributed by atoms with Crippen LogP contribution in [0.15, 0.2) is 12.1 Å². The highest BCUT2D eigenvalue weighted by Crippen LogP contribution is 2.52. The van der Waals surface area contributed by atoms with Gasteiger partial charge in [0.2, 0.25) is 5.91 Å². The van der Waals surface area contributed by atoms with Crippen molar-refractivity contribution < 1.29 is 4.79 Å². The number of thiophene rings is 1. The van der Waals surface area contributed by atoms with Gasteiger partial charge >= 0.3 is 0 Å². The lowest BCUT2D eigenvalue weighted by Gasteiger charge is -2.48. The third kappa shape index (κ3) is 3.03. The Morgan fingerprint density at radius 3 is 2.33 bits per heavy atom. The summed E-state index contributed by atoms with van der Waals surface area (Å²) in [6.07, 6.45) is 6.10. The van der Waals surface area contributed by atoms with Gasteiger partial charge in [0.25, 0.3) is 0 Å². The Kier molecular flexibility index (Phi) is 4.82. The molecular weight excluding hydrogens is 316 g/mol. The van der Waals surface area contributed by atoms with Crippen LogP contribution in [-0.4, -0.2) is 42.9 Å². The highest BCUT2D eigenvalue weighted by Gasteiger charge is 2.48. The van der Waals surface area contributed by atoms with Crippen molar-refractivity contribution in [2.24, 2.45) is 11.3 Å². The molecule has 0 N–H and O–H groups in total. The molecule has 1 aliphatic heterocycles. The number of aryl methyl sites for hydroxylation is 1. The molecule has 1 aliphatic carbocycles. The van der Waals surface area contributed by atoms with Crippen LogP contribution < -0.4 is 0 Å². The lowest BCUT2D eigenvalue weighted by atomic mass is 9.66. The summed E-state index contributed by atoms with van der Waals surface area (Å²) in [6.45, 7) is 8.18. The Hall–Kier alpha value is -0.870. The number of carbonyl (C=O) groups is 1. The Bertz CT molecular complexity index is 597. The second-order valence-electron chi connectivity index (χ2n) is 8.50. The second kappa shape index (κ2) is 6.45. The maximum Gasteiger partial charge on any atom is 0.225 e. The SMILES string of the molecule is Cc1ccc(C2(N(C)C)CCC3(CCN(C(=O)C(C)C)C3)CC2)s1. The molecule has 0 aromatic carbocycles. The first-order valence-electron chi connectivity index (χ1n) is 9.31. The quantitative estimate of drug-likeness (QED) is 0.815. The molecule has 3 nitrogen and oxygen atoms in total. The molecule has 1 spiro atoms. The highest BCUT2D eigenvalue weighted by atomic mass is 32.1. The molecule has 2 aliphatic rings. The first-order chi connectivity index (χ1) is 11.3. The van der Waals surface area contributed by atoms with Crippen LogP contribution in [0.5, 0.6) is 0 Å². The maximum atomic E-state index is 12.4. The van der Waals surface area contributed by atoms with Crippen molar-refractivity contribution in [1.82, 2.24) is 9.80 Å². The topological polar surface area (TPSA) is 23.6 Å². The molecular formula is C20H32N2OS. The first-order valence-corrected chi connectivity index (χ1v) is 10.1. The largest absolute Gasteiger partial charge is 0.342 e. The lowest BCUT2D eigenvalue weighted by molar-refractivity contribution is -0.134. The fourth-order valence-electron chi connectivity index (χ4n) is 4.69. The molecule has 1 amide bonds. The van der Waals surface area contributed by atoms with E-state index >= 15 is 0 Å². The van der Waals surface area contributed by atoms with Gasteiger partial charge in [-0.1, -0.05) is 13.8 Å². The van der Waals surface area contributed by atoms with E-state index in [1.165, 1.54) is 41.9 Å². The molecule has 1 saturated carbocycles. The normalized spacial score (nSPS) is 30.7. The van der Waals surface area contributed by atoms with Crippen molar-refractivity contribution in [1.29, 1.82) is 0 Å². The molecule has 3 rings (SSSR count). The molecule has 4 heteroatoms.